The lowest BCUT2D eigenvalue weighted by Crippen LogP contribution is -2.49. The number of nitrogens with zero attached hydrogens (tertiary/aromatic N) is 1. The average Bonchev–Trinajstić information content (AvgIpc) is 3.09. The Kier molecular flexibility index (Phi) is 12.8. The van der Waals surface area contributed by atoms with Crippen LogP contribution in [0.4, 0.5) is 5.69 Å². The highest BCUT2D eigenvalue weighted by Gasteiger charge is 2.25. The molecule has 2 amide bonds. The first-order valence-electron chi connectivity index (χ1n) is 15.9. The van der Waals surface area contributed by atoms with E-state index in [2.05, 4.69) is 16.0 Å². The molecule has 12 heteroatoms. The number of carbonyl (C=O) groups is 2. The van der Waals surface area contributed by atoms with Gasteiger partial charge in [-0.2, -0.15) is 0 Å². The van der Waals surface area contributed by atoms with Crippen LogP contribution in [0.3, 0.4) is 0 Å². The van der Waals surface area contributed by atoms with Crippen LogP contribution >= 0.6 is 0 Å². The number of benzene rings is 4. The molecule has 4 aromatic rings. The first-order valence-corrected chi connectivity index (χ1v) is 17.7. The normalized spacial score (nSPS) is 13.2. The fourth-order valence-electron chi connectivity index (χ4n) is 5.27. The zero-order chi connectivity index (χ0) is 35.6. The zero-order valence-corrected chi connectivity index (χ0v) is 28.9. The van der Waals surface area contributed by atoms with E-state index in [0.717, 1.165) is 27.3 Å². The molecule has 4 aromatic carbocycles. The molecule has 0 saturated carbocycles. The minimum atomic E-state index is -3.72. The van der Waals surface area contributed by atoms with Crippen LogP contribution in [-0.2, 0) is 22.9 Å². The lowest BCUT2D eigenvalue weighted by molar-refractivity contribution is 0.0831. The smallest absolute Gasteiger partial charge is 0.251 e. The molecule has 0 aliphatic heterocycles. The van der Waals surface area contributed by atoms with Gasteiger partial charge in [-0.15, -0.1) is 0 Å². The summed E-state index contributed by atoms with van der Waals surface area (Å²) in [6.45, 7) is 2.48. The number of sulfonamides is 1. The fourth-order valence-corrected chi connectivity index (χ4v) is 5.76. The van der Waals surface area contributed by atoms with Gasteiger partial charge in [-0.05, 0) is 73.3 Å². The maximum absolute atomic E-state index is 13.8. The van der Waals surface area contributed by atoms with Crippen molar-refractivity contribution in [2.24, 2.45) is 0 Å². The number of aliphatic hydroxyl groups excluding tert-OH is 1. The maximum Gasteiger partial charge on any atom is 0.251 e. The number of nitrogens with one attached hydrogen (secondary N) is 3. The van der Waals surface area contributed by atoms with Crippen molar-refractivity contribution in [3.05, 3.63) is 125 Å². The van der Waals surface area contributed by atoms with Crippen molar-refractivity contribution in [3.63, 3.8) is 0 Å². The van der Waals surface area contributed by atoms with Gasteiger partial charge < -0.3 is 30.9 Å². The van der Waals surface area contributed by atoms with Gasteiger partial charge in [-0.3, -0.25) is 13.9 Å². The van der Waals surface area contributed by atoms with Gasteiger partial charge in [0.1, 0.15) is 0 Å². The Morgan fingerprint density at radius 2 is 1.47 bits per heavy atom. The molecule has 0 aromatic heterocycles. The first kappa shape index (κ1) is 36.9. The maximum atomic E-state index is 13.8. The number of phenols is 1. The number of hydrogen-bond donors (Lipinski definition) is 5. The largest absolute Gasteiger partial charge is 0.504 e. The number of carbonyl (C=O) groups excluding carboxylic acids is 2. The Morgan fingerprint density at radius 3 is 2.06 bits per heavy atom. The number of aliphatic hydroxyl groups is 1. The summed E-state index contributed by atoms with van der Waals surface area (Å²) in [5.41, 5.74) is 2.95. The van der Waals surface area contributed by atoms with Crippen molar-refractivity contribution < 1.29 is 33.0 Å². The quantitative estimate of drug-likeness (QED) is 0.111. The number of methoxy groups -OCH3 is 1. The van der Waals surface area contributed by atoms with Gasteiger partial charge in [-0.25, -0.2) is 8.42 Å². The summed E-state index contributed by atoms with van der Waals surface area (Å²) in [6.07, 6.45) is 0.916. The van der Waals surface area contributed by atoms with Crippen molar-refractivity contribution in [3.8, 4) is 11.5 Å². The molecule has 0 heterocycles. The molecule has 0 fully saturated rings. The summed E-state index contributed by atoms with van der Waals surface area (Å²) in [5, 5.41) is 30.4. The zero-order valence-electron chi connectivity index (χ0n) is 28.1. The van der Waals surface area contributed by atoms with Gasteiger partial charge in [0, 0.05) is 24.7 Å². The monoisotopic (exact) mass is 688 g/mol. The standard InChI is InChI=1S/C37H44N4O7S/c1-25(28-13-9-6-10-14-28)39-36(44)29-21-30(23-31(22-29)41(2)49(4,46)47)37(45)40-32(19-26-11-7-5-8-12-26)34(43)24-38-18-17-27-15-16-35(48-3)33(42)20-27/h5-16,20-23,25,32,34,38,42-43H,17-19,24H2,1-4H3,(H,39,44)(H,40,45)/t25-,32+,34-/m1/s1. The van der Waals surface area contributed by atoms with Gasteiger partial charge >= 0.3 is 0 Å². The molecule has 260 valence electrons. The van der Waals surface area contributed by atoms with Crippen molar-refractivity contribution in [2.75, 3.05) is 37.8 Å². The van der Waals surface area contributed by atoms with E-state index >= 15 is 0 Å². The van der Waals surface area contributed by atoms with Crippen LogP contribution in [0.15, 0.2) is 97.1 Å². The number of hydrogen-bond acceptors (Lipinski definition) is 8. The van der Waals surface area contributed by atoms with Crippen molar-refractivity contribution in [1.29, 1.82) is 0 Å². The van der Waals surface area contributed by atoms with Crippen molar-refractivity contribution in [1.82, 2.24) is 16.0 Å². The Hall–Kier alpha value is -4.91. The molecular weight excluding hydrogens is 644 g/mol. The third kappa shape index (κ3) is 10.5. The van der Waals surface area contributed by atoms with E-state index in [1.165, 1.54) is 32.4 Å². The Labute approximate surface area is 288 Å². The molecule has 0 saturated heterocycles. The number of aromatic hydroxyl groups is 1. The van der Waals surface area contributed by atoms with E-state index < -0.39 is 34.0 Å². The molecule has 3 atom stereocenters. The van der Waals surface area contributed by atoms with Gasteiger partial charge in [0.2, 0.25) is 10.0 Å². The molecule has 0 unspecified atom stereocenters. The van der Waals surface area contributed by atoms with E-state index in [0.29, 0.717) is 25.1 Å². The van der Waals surface area contributed by atoms with Gasteiger partial charge in [-0.1, -0.05) is 66.7 Å². The number of amides is 2. The van der Waals surface area contributed by atoms with Gasteiger partial charge in [0.15, 0.2) is 11.5 Å². The number of ether oxygens (including phenoxy) is 1. The van der Waals surface area contributed by atoms with Crippen LogP contribution in [-0.4, -0.2) is 76.1 Å². The molecule has 4 rings (SSSR count). The third-order valence-corrected chi connectivity index (χ3v) is 9.42. The second kappa shape index (κ2) is 17.0. The minimum absolute atomic E-state index is 0.0452. The molecule has 11 nitrogen and oxygen atoms in total. The topological polar surface area (TPSA) is 157 Å². The molecule has 49 heavy (non-hydrogen) atoms. The third-order valence-electron chi connectivity index (χ3n) is 8.22. The molecular formula is C37H44N4O7S. The van der Waals surface area contributed by atoms with E-state index in [1.54, 1.807) is 12.1 Å². The van der Waals surface area contributed by atoms with Crippen LogP contribution in [0.2, 0.25) is 0 Å². The van der Waals surface area contributed by atoms with E-state index in [-0.39, 0.29) is 35.2 Å². The predicted molar refractivity (Wildman–Crippen MR) is 191 cm³/mol. The number of rotatable bonds is 16. The summed E-state index contributed by atoms with van der Waals surface area (Å²) < 4.78 is 31.0. The van der Waals surface area contributed by atoms with E-state index in [9.17, 15) is 28.2 Å². The number of phenolic OH excluding ortho intramolecular Hbond substituents is 1. The van der Waals surface area contributed by atoms with Crippen LogP contribution in [0.25, 0.3) is 0 Å². The lowest BCUT2D eigenvalue weighted by Gasteiger charge is -2.25. The van der Waals surface area contributed by atoms with Crippen molar-refractivity contribution >= 4 is 27.5 Å². The van der Waals surface area contributed by atoms with Crippen LogP contribution in [0.1, 0.15) is 50.4 Å². The van der Waals surface area contributed by atoms with Crippen LogP contribution in [0, 0.1) is 0 Å². The molecule has 0 bridgehead atoms. The summed E-state index contributed by atoms with van der Waals surface area (Å²) in [6, 6.07) is 27.1. The summed E-state index contributed by atoms with van der Waals surface area (Å²) in [4.78, 5) is 27.2. The molecule has 5 N–H and O–H groups in total. The molecule has 0 spiro atoms. The average molecular weight is 689 g/mol. The molecule has 0 radical (unpaired) electrons. The highest BCUT2D eigenvalue weighted by molar-refractivity contribution is 7.92. The van der Waals surface area contributed by atoms with Gasteiger partial charge in [0.05, 0.1) is 37.2 Å². The predicted octanol–water partition coefficient (Wildman–Crippen LogP) is 3.82. The van der Waals surface area contributed by atoms with Crippen LogP contribution < -0.4 is 25.0 Å². The first-order chi connectivity index (χ1) is 23.3. The SMILES string of the molecule is COc1ccc(CCNC[C@@H](O)[C@H](Cc2ccccc2)NC(=O)c2cc(C(=O)N[C@H](C)c3ccccc3)cc(N(C)S(C)(=O)=O)c2)cc1O. The highest BCUT2D eigenvalue weighted by atomic mass is 32.2. The minimum Gasteiger partial charge on any atom is -0.504 e. The van der Waals surface area contributed by atoms with Gasteiger partial charge in [0.25, 0.3) is 11.8 Å². The Balaban J connectivity index is 1.53. The second-order valence-corrected chi connectivity index (χ2v) is 13.9. The molecule has 0 aliphatic rings. The Morgan fingerprint density at radius 1 is 0.857 bits per heavy atom. The van der Waals surface area contributed by atoms with E-state index in [4.69, 9.17) is 4.74 Å². The number of anilines is 1. The van der Waals surface area contributed by atoms with Crippen LogP contribution in [0.5, 0.6) is 11.5 Å². The molecule has 0 aliphatic carbocycles. The van der Waals surface area contributed by atoms with E-state index in [1.807, 2.05) is 73.7 Å². The summed E-state index contributed by atoms with van der Waals surface area (Å²) >= 11 is 0. The highest BCUT2D eigenvalue weighted by Crippen LogP contribution is 2.26. The summed E-state index contributed by atoms with van der Waals surface area (Å²) in [5.74, 6) is -0.634. The lowest BCUT2D eigenvalue weighted by atomic mass is 10.00. The Bertz CT molecular complexity index is 1820. The summed E-state index contributed by atoms with van der Waals surface area (Å²) in [7, 11) is -0.890. The fraction of sp³-hybridized carbons (Fsp3) is 0.297. The van der Waals surface area contributed by atoms with Crippen molar-refractivity contribution in [2.45, 2.75) is 38.0 Å². The second-order valence-electron chi connectivity index (χ2n) is 11.9.